The summed E-state index contributed by atoms with van der Waals surface area (Å²) in [6.45, 7) is 3.89. The van der Waals surface area contributed by atoms with Crippen LogP contribution in [0.5, 0.6) is 0 Å². The minimum Gasteiger partial charge on any atom is -0.370 e. The molecule has 2 unspecified atom stereocenters. The van der Waals surface area contributed by atoms with Crippen molar-refractivity contribution < 1.29 is 0 Å². The Morgan fingerprint density at radius 1 is 1.38 bits per heavy atom. The molecular weight excluding hydrogens is 198 g/mol. The van der Waals surface area contributed by atoms with Gasteiger partial charge in [-0.2, -0.15) is 0 Å². The van der Waals surface area contributed by atoms with E-state index in [9.17, 15) is 0 Å². The standard InChI is InChI=1S/C13H21N3/c1-10-5-6-13(15-8-10)16-9-12-4-2-3-11(12)7-14/h5-6,8,11-12H,2-4,7,9,14H2,1H3,(H,15,16). The number of nitrogens with zero attached hydrogens (tertiary/aromatic N) is 1. The van der Waals surface area contributed by atoms with Gasteiger partial charge in [0.25, 0.3) is 0 Å². The van der Waals surface area contributed by atoms with E-state index in [0.29, 0.717) is 5.92 Å². The number of pyridine rings is 1. The number of aromatic nitrogens is 1. The van der Waals surface area contributed by atoms with E-state index in [1.807, 2.05) is 12.3 Å². The fraction of sp³-hybridized carbons (Fsp3) is 0.615. The van der Waals surface area contributed by atoms with E-state index in [2.05, 4.69) is 23.3 Å². The Hall–Kier alpha value is -1.09. The van der Waals surface area contributed by atoms with Gasteiger partial charge in [-0.05, 0) is 49.8 Å². The van der Waals surface area contributed by atoms with Crippen LogP contribution in [0.15, 0.2) is 18.3 Å². The van der Waals surface area contributed by atoms with Crippen molar-refractivity contribution in [2.75, 3.05) is 18.4 Å². The molecule has 3 N–H and O–H groups in total. The van der Waals surface area contributed by atoms with Gasteiger partial charge in [-0.1, -0.05) is 12.5 Å². The van der Waals surface area contributed by atoms with Crippen LogP contribution in [0.4, 0.5) is 5.82 Å². The van der Waals surface area contributed by atoms with Gasteiger partial charge in [0, 0.05) is 12.7 Å². The Morgan fingerprint density at radius 3 is 2.88 bits per heavy atom. The molecule has 2 atom stereocenters. The molecule has 88 valence electrons. The third-order valence-corrected chi connectivity index (χ3v) is 3.58. The summed E-state index contributed by atoms with van der Waals surface area (Å²) in [5, 5.41) is 3.41. The molecule has 0 aromatic carbocycles. The van der Waals surface area contributed by atoms with Crippen molar-refractivity contribution in [3.8, 4) is 0 Å². The van der Waals surface area contributed by atoms with Gasteiger partial charge in [-0.3, -0.25) is 0 Å². The van der Waals surface area contributed by atoms with E-state index in [0.717, 1.165) is 24.8 Å². The molecule has 16 heavy (non-hydrogen) atoms. The average Bonchev–Trinajstić information content (AvgIpc) is 2.76. The molecule has 1 aliphatic carbocycles. The summed E-state index contributed by atoms with van der Waals surface area (Å²) in [6, 6.07) is 4.13. The Balaban J connectivity index is 1.85. The summed E-state index contributed by atoms with van der Waals surface area (Å²) in [6.07, 6.45) is 5.83. The minimum atomic E-state index is 0.706. The molecule has 0 aliphatic heterocycles. The lowest BCUT2D eigenvalue weighted by Crippen LogP contribution is -2.24. The molecule has 3 heteroatoms. The molecule has 1 aromatic rings. The normalized spacial score (nSPS) is 24.6. The monoisotopic (exact) mass is 219 g/mol. The molecule has 1 aromatic heterocycles. The minimum absolute atomic E-state index is 0.706. The van der Waals surface area contributed by atoms with Crippen LogP contribution in [0.3, 0.4) is 0 Å². The third kappa shape index (κ3) is 2.73. The van der Waals surface area contributed by atoms with Crippen LogP contribution in [0.1, 0.15) is 24.8 Å². The van der Waals surface area contributed by atoms with Crippen molar-refractivity contribution in [1.82, 2.24) is 4.98 Å². The quantitative estimate of drug-likeness (QED) is 0.816. The van der Waals surface area contributed by atoms with Crippen molar-refractivity contribution >= 4 is 5.82 Å². The summed E-state index contributed by atoms with van der Waals surface area (Å²) in [5.74, 6) is 2.42. The van der Waals surface area contributed by atoms with Crippen LogP contribution < -0.4 is 11.1 Å². The van der Waals surface area contributed by atoms with Crippen LogP contribution in [0.25, 0.3) is 0 Å². The van der Waals surface area contributed by atoms with Gasteiger partial charge >= 0.3 is 0 Å². The highest BCUT2D eigenvalue weighted by Crippen LogP contribution is 2.30. The van der Waals surface area contributed by atoms with Crippen molar-refractivity contribution in [2.24, 2.45) is 17.6 Å². The summed E-state index contributed by atoms with van der Waals surface area (Å²) in [4.78, 5) is 4.35. The second-order valence-corrected chi connectivity index (χ2v) is 4.79. The summed E-state index contributed by atoms with van der Waals surface area (Å²) in [7, 11) is 0. The lowest BCUT2D eigenvalue weighted by Gasteiger charge is -2.18. The highest BCUT2D eigenvalue weighted by atomic mass is 15.0. The molecule has 1 fully saturated rings. The zero-order valence-corrected chi connectivity index (χ0v) is 9.95. The SMILES string of the molecule is Cc1ccc(NCC2CCCC2CN)nc1. The second kappa shape index (κ2) is 5.30. The van der Waals surface area contributed by atoms with E-state index in [4.69, 9.17) is 5.73 Å². The van der Waals surface area contributed by atoms with Gasteiger partial charge < -0.3 is 11.1 Å². The van der Waals surface area contributed by atoms with E-state index in [1.165, 1.54) is 24.8 Å². The topological polar surface area (TPSA) is 50.9 Å². The van der Waals surface area contributed by atoms with Crippen LogP contribution >= 0.6 is 0 Å². The first kappa shape index (κ1) is 11.4. The molecule has 3 nitrogen and oxygen atoms in total. The zero-order chi connectivity index (χ0) is 11.4. The lowest BCUT2D eigenvalue weighted by molar-refractivity contribution is 0.414. The zero-order valence-electron chi connectivity index (χ0n) is 9.95. The number of rotatable bonds is 4. The third-order valence-electron chi connectivity index (χ3n) is 3.58. The molecule has 0 radical (unpaired) electrons. The van der Waals surface area contributed by atoms with Gasteiger partial charge in [0.15, 0.2) is 0 Å². The maximum absolute atomic E-state index is 5.77. The molecule has 1 heterocycles. The fourth-order valence-electron chi connectivity index (χ4n) is 2.50. The highest BCUT2D eigenvalue weighted by molar-refractivity contribution is 5.35. The Kier molecular flexibility index (Phi) is 3.78. The van der Waals surface area contributed by atoms with Crippen LogP contribution in [0, 0.1) is 18.8 Å². The van der Waals surface area contributed by atoms with Gasteiger partial charge in [0.1, 0.15) is 5.82 Å². The average molecular weight is 219 g/mol. The van der Waals surface area contributed by atoms with Gasteiger partial charge in [-0.15, -0.1) is 0 Å². The first-order valence-electron chi connectivity index (χ1n) is 6.16. The first-order valence-corrected chi connectivity index (χ1v) is 6.16. The van der Waals surface area contributed by atoms with E-state index >= 15 is 0 Å². The largest absolute Gasteiger partial charge is 0.370 e. The molecule has 1 saturated carbocycles. The number of aryl methyl sites for hydroxylation is 1. The Morgan fingerprint density at radius 2 is 2.19 bits per heavy atom. The molecule has 2 rings (SSSR count). The van der Waals surface area contributed by atoms with Crippen molar-refractivity contribution in [1.29, 1.82) is 0 Å². The van der Waals surface area contributed by atoms with E-state index in [-0.39, 0.29) is 0 Å². The van der Waals surface area contributed by atoms with Gasteiger partial charge in [0.2, 0.25) is 0 Å². The Bertz CT molecular complexity index is 320. The number of nitrogens with one attached hydrogen (secondary N) is 1. The lowest BCUT2D eigenvalue weighted by atomic mass is 9.96. The molecular formula is C13H21N3. The van der Waals surface area contributed by atoms with Crippen molar-refractivity contribution in [2.45, 2.75) is 26.2 Å². The number of hydrogen-bond donors (Lipinski definition) is 2. The summed E-state index contributed by atoms with van der Waals surface area (Å²) in [5.41, 5.74) is 6.97. The van der Waals surface area contributed by atoms with E-state index < -0.39 is 0 Å². The fourth-order valence-corrected chi connectivity index (χ4v) is 2.50. The predicted octanol–water partition coefficient (Wildman–Crippen LogP) is 2.18. The van der Waals surface area contributed by atoms with E-state index in [1.54, 1.807) is 0 Å². The highest BCUT2D eigenvalue weighted by Gasteiger charge is 2.25. The molecule has 0 spiro atoms. The Labute approximate surface area is 97.5 Å². The summed E-state index contributed by atoms with van der Waals surface area (Å²) < 4.78 is 0. The van der Waals surface area contributed by atoms with Gasteiger partial charge in [0.05, 0.1) is 0 Å². The first-order chi connectivity index (χ1) is 7.79. The molecule has 0 saturated heterocycles. The predicted molar refractivity (Wildman–Crippen MR) is 67.3 cm³/mol. The molecule has 0 amide bonds. The van der Waals surface area contributed by atoms with Crippen molar-refractivity contribution in [3.05, 3.63) is 23.9 Å². The smallest absolute Gasteiger partial charge is 0.125 e. The van der Waals surface area contributed by atoms with Crippen LogP contribution in [-0.4, -0.2) is 18.1 Å². The van der Waals surface area contributed by atoms with Gasteiger partial charge in [-0.25, -0.2) is 4.98 Å². The number of hydrogen-bond acceptors (Lipinski definition) is 3. The number of anilines is 1. The van der Waals surface area contributed by atoms with Crippen LogP contribution in [-0.2, 0) is 0 Å². The van der Waals surface area contributed by atoms with Crippen molar-refractivity contribution in [3.63, 3.8) is 0 Å². The molecule has 0 bridgehead atoms. The maximum Gasteiger partial charge on any atom is 0.125 e. The number of nitrogens with two attached hydrogens (primary N) is 1. The van der Waals surface area contributed by atoms with Crippen LogP contribution in [0.2, 0.25) is 0 Å². The summed E-state index contributed by atoms with van der Waals surface area (Å²) >= 11 is 0. The maximum atomic E-state index is 5.77. The molecule has 1 aliphatic rings. The second-order valence-electron chi connectivity index (χ2n) is 4.79.